The Bertz CT molecular complexity index is 626. The predicted molar refractivity (Wildman–Crippen MR) is 89.1 cm³/mol. The summed E-state index contributed by atoms with van der Waals surface area (Å²) in [5.74, 6) is 3.13. The molecular formula is C18H29N3O2. The molecule has 2 heterocycles. The molecule has 2 rings (SSSR count). The van der Waals surface area contributed by atoms with Gasteiger partial charge in [0.15, 0.2) is 5.89 Å². The summed E-state index contributed by atoms with van der Waals surface area (Å²) >= 11 is 0. The Morgan fingerprint density at radius 2 is 1.65 bits per heavy atom. The molecular weight excluding hydrogens is 290 g/mol. The van der Waals surface area contributed by atoms with Gasteiger partial charge >= 0.3 is 0 Å². The lowest BCUT2D eigenvalue weighted by Crippen LogP contribution is -2.16. The fourth-order valence-corrected chi connectivity index (χ4v) is 2.45. The molecule has 5 heteroatoms. The summed E-state index contributed by atoms with van der Waals surface area (Å²) in [6, 6.07) is 0. The monoisotopic (exact) mass is 319 g/mol. The van der Waals surface area contributed by atoms with E-state index in [4.69, 9.17) is 8.83 Å². The van der Waals surface area contributed by atoms with Gasteiger partial charge in [-0.25, -0.2) is 4.98 Å². The quantitative estimate of drug-likeness (QED) is 0.714. The van der Waals surface area contributed by atoms with Gasteiger partial charge in [-0.2, -0.15) is 0 Å². The minimum Gasteiger partial charge on any atom is -0.446 e. The van der Waals surface area contributed by atoms with Crippen LogP contribution < -0.4 is 0 Å². The third-order valence-corrected chi connectivity index (χ3v) is 4.43. The highest BCUT2D eigenvalue weighted by Gasteiger charge is 2.23. The standard InChI is InChI=1S/C18H29N3O2/c1-7-17(3,4)10-15-19-12-14(23-15)8-9-18(5,6)11-16-21-20-13(2)22-16/h12H,7-11H2,1-6H3. The molecule has 0 fully saturated rings. The van der Waals surface area contributed by atoms with E-state index in [1.807, 2.05) is 13.1 Å². The van der Waals surface area contributed by atoms with Gasteiger partial charge in [0.05, 0.1) is 6.20 Å². The van der Waals surface area contributed by atoms with Crippen LogP contribution >= 0.6 is 0 Å². The summed E-state index contributed by atoms with van der Waals surface area (Å²) in [4.78, 5) is 4.43. The average Bonchev–Trinajstić information content (AvgIpc) is 3.05. The molecule has 0 aliphatic rings. The molecule has 0 bridgehead atoms. The zero-order chi connectivity index (χ0) is 17.1. The number of aromatic nitrogens is 3. The van der Waals surface area contributed by atoms with Gasteiger partial charge in [0.2, 0.25) is 11.8 Å². The lowest BCUT2D eigenvalue weighted by molar-refractivity contribution is 0.278. The molecule has 23 heavy (non-hydrogen) atoms. The van der Waals surface area contributed by atoms with Gasteiger partial charge in [0.1, 0.15) is 5.76 Å². The molecule has 0 saturated carbocycles. The van der Waals surface area contributed by atoms with E-state index in [0.717, 1.165) is 43.8 Å². The third-order valence-electron chi connectivity index (χ3n) is 4.43. The largest absolute Gasteiger partial charge is 0.446 e. The Balaban J connectivity index is 1.88. The van der Waals surface area contributed by atoms with E-state index in [2.05, 4.69) is 49.8 Å². The molecule has 2 aromatic heterocycles. The third kappa shape index (κ3) is 5.48. The fraction of sp³-hybridized carbons (Fsp3) is 0.722. The van der Waals surface area contributed by atoms with Crippen molar-refractivity contribution in [2.45, 2.75) is 73.6 Å². The molecule has 0 saturated heterocycles. The van der Waals surface area contributed by atoms with Gasteiger partial charge in [-0.3, -0.25) is 0 Å². The molecule has 0 spiro atoms. The first-order chi connectivity index (χ1) is 10.7. The molecule has 0 aromatic carbocycles. The highest BCUT2D eigenvalue weighted by molar-refractivity contribution is 4.98. The van der Waals surface area contributed by atoms with E-state index in [1.165, 1.54) is 0 Å². The van der Waals surface area contributed by atoms with Crippen LogP contribution in [-0.4, -0.2) is 15.2 Å². The van der Waals surface area contributed by atoms with Crippen LogP contribution in [0.4, 0.5) is 0 Å². The smallest absolute Gasteiger partial charge is 0.217 e. The predicted octanol–water partition coefficient (Wildman–Crippen LogP) is 4.55. The first kappa shape index (κ1) is 17.7. The Kier molecular flexibility index (Phi) is 5.27. The van der Waals surface area contributed by atoms with Gasteiger partial charge in [-0.1, -0.05) is 41.0 Å². The highest BCUT2D eigenvalue weighted by atomic mass is 16.4. The lowest BCUT2D eigenvalue weighted by atomic mass is 9.84. The van der Waals surface area contributed by atoms with Crippen molar-refractivity contribution in [2.75, 3.05) is 0 Å². The molecule has 0 unspecified atom stereocenters. The van der Waals surface area contributed by atoms with Crippen molar-refractivity contribution >= 4 is 0 Å². The van der Waals surface area contributed by atoms with E-state index < -0.39 is 0 Å². The SMILES string of the molecule is CCC(C)(C)Cc1ncc(CCC(C)(C)Cc2nnc(C)o2)o1. The minimum absolute atomic E-state index is 0.0780. The average molecular weight is 319 g/mol. The Morgan fingerprint density at radius 3 is 2.26 bits per heavy atom. The maximum Gasteiger partial charge on any atom is 0.217 e. The van der Waals surface area contributed by atoms with Gasteiger partial charge in [0, 0.05) is 26.2 Å². The van der Waals surface area contributed by atoms with Gasteiger partial charge < -0.3 is 8.83 Å². The summed E-state index contributed by atoms with van der Waals surface area (Å²) in [7, 11) is 0. The number of hydrogen-bond donors (Lipinski definition) is 0. The summed E-state index contributed by atoms with van der Waals surface area (Å²) in [5.41, 5.74) is 0.311. The molecule has 128 valence electrons. The lowest BCUT2D eigenvalue weighted by Gasteiger charge is -2.22. The second-order valence-electron chi connectivity index (χ2n) is 7.97. The van der Waals surface area contributed by atoms with Crippen LogP contribution in [0.25, 0.3) is 0 Å². The Morgan fingerprint density at radius 1 is 0.957 bits per heavy atom. The summed E-state index contributed by atoms with van der Waals surface area (Å²) < 4.78 is 11.4. The molecule has 0 N–H and O–H groups in total. The molecule has 0 amide bonds. The minimum atomic E-state index is 0.0780. The van der Waals surface area contributed by atoms with E-state index in [9.17, 15) is 0 Å². The first-order valence-electron chi connectivity index (χ1n) is 8.42. The number of oxazole rings is 1. The van der Waals surface area contributed by atoms with Crippen molar-refractivity contribution in [1.82, 2.24) is 15.2 Å². The molecule has 0 atom stereocenters. The van der Waals surface area contributed by atoms with Crippen LogP contribution in [0, 0.1) is 17.8 Å². The second-order valence-corrected chi connectivity index (χ2v) is 7.97. The number of hydrogen-bond acceptors (Lipinski definition) is 5. The van der Waals surface area contributed by atoms with Crippen molar-refractivity contribution in [1.29, 1.82) is 0 Å². The number of rotatable bonds is 8. The van der Waals surface area contributed by atoms with Gasteiger partial charge in [-0.05, 0) is 17.3 Å². The number of nitrogens with zero attached hydrogens (tertiary/aromatic N) is 3. The fourth-order valence-electron chi connectivity index (χ4n) is 2.45. The number of aryl methyl sites for hydroxylation is 2. The van der Waals surface area contributed by atoms with E-state index >= 15 is 0 Å². The molecule has 0 aliphatic heterocycles. The zero-order valence-electron chi connectivity index (χ0n) is 15.3. The highest BCUT2D eigenvalue weighted by Crippen LogP contribution is 2.29. The Hall–Kier alpha value is -1.65. The van der Waals surface area contributed by atoms with Crippen molar-refractivity contribution in [2.24, 2.45) is 10.8 Å². The Labute approximate surface area is 138 Å². The zero-order valence-corrected chi connectivity index (χ0v) is 15.3. The van der Waals surface area contributed by atoms with Crippen LogP contribution in [0.2, 0.25) is 0 Å². The second kappa shape index (κ2) is 6.85. The molecule has 0 aliphatic carbocycles. The van der Waals surface area contributed by atoms with Crippen molar-refractivity contribution in [3.63, 3.8) is 0 Å². The van der Waals surface area contributed by atoms with Crippen molar-refractivity contribution in [3.8, 4) is 0 Å². The van der Waals surface area contributed by atoms with E-state index in [0.29, 0.717) is 11.8 Å². The normalized spacial score (nSPS) is 12.8. The van der Waals surface area contributed by atoms with Crippen LogP contribution in [-0.2, 0) is 19.3 Å². The van der Waals surface area contributed by atoms with Crippen LogP contribution in [0.5, 0.6) is 0 Å². The topological polar surface area (TPSA) is 65.0 Å². The van der Waals surface area contributed by atoms with Crippen molar-refractivity contribution in [3.05, 3.63) is 29.6 Å². The van der Waals surface area contributed by atoms with Gasteiger partial charge in [-0.15, -0.1) is 10.2 Å². The van der Waals surface area contributed by atoms with Crippen LogP contribution in [0.1, 0.15) is 70.9 Å². The maximum absolute atomic E-state index is 5.91. The first-order valence-corrected chi connectivity index (χ1v) is 8.42. The summed E-state index contributed by atoms with van der Waals surface area (Å²) in [6.45, 7) is 12.9. The van der Waals surface area contributed by atoms with Gasteiger partial charge in [0.25, 0.3) is 0 Å². The molecule has 0 radical (unpaired) electrons. The van der Waals surface area contributed by atoms with Crippen LogP contribution in [0.15, 0.2) is 15.0 Å². The molecule has 2 aromatic rings. The van der Waals surface area contributed by atoms with E-state index in [-0.39, 0.29) is 10.8 Å². The summed E-state index contributed by atoms with van der Waals surface area (Å²) in [5, 5.41) is 7.98. The van der Waals surface area contributed by atoms with E-state index in [1.54, 1.807) is 0 Å². The maximum atomic E-state index is 5.91. The van der Waals surface area contributed by atoms with Crippen molar-refractivity contribution < 1.29 is 8.83 Å². The molecule has 5 nitrogen and oxygen atoms in total. The van der Waals surface area contributed by atoms with Crippen LogP contribution in [0.3, 0.4) is 0 Å². The summed E-state index contributed by atoms with van der Waals surface area (Å²) in [6.07, 6.45) is 6.50.